The molecule has 1 fully saturated rings. The number of piperidine rings is 1. The van der Waals surface area contributed by atoms with Crippen molar-refractivity contribution in [3.8, 4) is 0 Å². The Hall–Kier alpha value is -1.59. The number of nitrogens with zero attached hydrogens (tertiary/aromatic N) is 1. The number of carbonyl (C=O) groups excluding carboxylic acids is 1. The predicted molar refractivity (Wildman–Crippen MR) is 82.9 cm³/mol. The third-order valence-corrected chi connectivity index (χ3v) is 3.36. The van der Waals surface area contributed by atoms with Crippen LogP contribution in [0.4, 0.5) is 4.79 Å². The van der Waals surface area contributed by atoms with Crippen molar-refractivity contribution < 1.29 is 14.3 Å². The maximum atomic E-state index is 11.9. The number of hydrogen-bond donors (Lipinski definition) is 1. The van der Waals surface area contributed by atoms with Gasteiger partial charge in [-0.15, -0.1) is 0 Å². The van der Waals surface area contributed by atoms with Crippen molar-refractivity contribution in [3.05, 3.63) is 35.9 Å². The van der Waals surface area contributed by atoms with Gasteiger partial charge in [0.1, 0.15) is 6.61 Å². The molecule has 0 aliphatic carbocycles. The third kappa shape index (κ3) is 5.36. The monoisotopic (exact) mass is 294 g/mol. The molecule has 118 valence electrons. The highest BCUT2D eigenvalue weighted by atomic mass is 16.6. The number of nitrogens with two attached hydrogens (primary N) is 1. The van der Waals surface area contributed by atoms with Gasteiger partial charge < -0.3 is 20.1 Å². The van der Waals surface area contributed by atoms with Gasteiger partial charge in [-0.05, 0) is 12.0 Å². The topological polar surface area (TPSA) is 64.8 Å². The number of benzene rings is 1. The first-order valence-electron chi connectivity index (χ1n) is 7.44. The first kappa shape index (κ1) is 17.5. The summed E-state index contributed by atoms with van der Waals surface area (Å²) in [6, 6.07) is 9.47. The normalized spacial score (nSPS) is 21.2. The van der Waals surface area contributed by atoms with Crippen molar-refractivity contribution in [2.24, 2.45) is 5.73 Å². The second-order valence-electron chi connectivity index (χ2n) is 4.71. The van der Waals surface area contributed by atoms with E-state index in [9.17, 15) is 4.79 Å². The lowest BCUT2D eigenvalue weighted by molar-refractivity contribution is 0.0183. The van der Waals surface area contributed by atoms with Crippen LogP contribution >= 0.6 is 0 Å². The van der Waals surface area contributed by atoms with Gasteiger partial charge in [-0.2, -0.15) is 0 Å². The lowest BCUT2D eigenvalue weighted by atomic mass is 10.0. The largest absolute Gasteiger partial charge is 0.445 e. The second-order valence-corrected chi connectivity index (χ2v) is 4.71. The number of likely N-dealkylation sites (tertiary alicyclic amines) is 1. The number of methoxy groups -OCH3 is 1. The van der Waals surface area contributed by atoms with E-state index in [4.69, 9.17) is 15.2 Å². The molecule has 1 saturated heterocycles. The summed E-state index contributed by atoms with van der Waals surface area (Å²) in [4.78, 5) is 13.6. The molecule has 2 rings (SSSR count). The number of amides is 1. The number of hydrogen-bond acceptors (Lipinski definition) is 4. The van der Waals surface area contributed by atoms with E-state index in [0.717, 1.165) is 12.0 Å². The van der Waals surface area contributed by atoms with E-state index in [1.54, 1.807) is 12.0 Å². The molecule has 2 atom stereocenters. The molecule has 2 N–H and O–H groups in total. The lowest BCUT2D eigenvalue weighted by Gasteiger charge is -2.35. The quantitative estimate of drug-likeness (QED) is 0.929. The molecule has 1 aromatic carbocycles. The zero-order chi connectivity index (χ0) is 15.7. The van der Waals surface area contributed by atoms with Gasteiger partial charge >= 0.3 is 6.09 Å². The van der Waals surface area contributed by atoms with Gasteiger partial charge in [0, 0.05) is 26.2 Å². The molecule has 2 unspecified atom stereocenters. The van der Waals surface area contributed by atoms with Crippen LogP contribution in [-0.4, -0.2) is 43.3 Å². The highest BCUT2D eigenvalue weighted by molar-refractivity contribution is 5.67. The molecular weight excluding hydrogens is 268 g/mol. The highest BCUT2D eigenvalue weighted by Gasteiger charge is 2.29. The zero-order valence-electron chi connectivity index (χ0n) is 13.1. The third-order valence-electron chi connectivity index (χ3n) is 3.36. The maximum absolute atomic E-state index is 11.9. The Balaban J connectivity index is 0.00000106. The van der Waals surface area contributed by atoms with Crippen molar-refractivity contribution in [1.82, 2.24) is 4.90 Å². The van der Waals surface area contributed by atoms with Gasteiger partial charge in [-0.25, -0.2) is 4.79 Å². The van der Waals surface area contributed by atoms with Crippen LogP contribution in [0.25, 0.3) is 0 Å². The van der Waals surface area contributed by atoms with Crippen molar-refractivity contribution in [2.75, 3.05) is 20.2 Å². The van der Waals surface area contributed by atoms with E-state index in [-0.39, 0.29) is 18.2 Å². The summed E-state index contributed by atoms with van der Waals surface area (Å²) < 4.78 is 10.5. The van der Waals surface area contributed by atoms with Crippen LogP contribution < -0.4 is 5.73 Å². The van der Waals surface area contributed by atoms with Crippen LogP contribution in [0.1, 0.15) is 25.8 Å². The molecule has 0 aromatic heterocycles. The molecule has 1 heterocycles. The minimum Gasteiger partial charge on any atom is -0.445 e. The van der Waals surface area contributed by atoms with Crippen LogP contribution in [0.2, 0.25) is 0 Å². The van der Waals surface area contributed by atoms with Crippen LogP contribution in [0, 0.1) is 0 Å². The highest BCUT2D eigenvalue weighted by Crippen LogP contribution is 2.13. The Morgan fingerprint density at radius 3 is 2.57 bits per heavy atom. The number of rotatable bonds is 3. The fourth-order valence-electron chi connectivity index (χ4n) is 2.23. The van der Waals surface area contributed by atoms with Gasteiger partial charge in [-0.1, -0.05) is 44.2 Å². The van der Waals surface area contributed by atoms with Gasteiger partial charge in [0.25, 0.3) is 0 Å². The summed E-state index contributed by atoms with van der Waals surface area (Å²) in [6.45, 7) is 5.39. The van der Waals surface area contributed by atoms with E-state index in [1.807, 2.05) is 44.2 Å². The summed E-state index contributed by atoms with van der Waals surface area (Å²) in [5, 5.41) is 0. The average Bonchev–Trinajstić information content (AvgIpc) is 2.55. The van der Waals surface area contributed by atoms with Gasteiger partial charge in [-0.3, -0.25) is 0 Å². The average molecular weight is 294 g/mol. The van der Waals surface area contributed by atoms with Crippen LogP contribution in [0.3, 0.4) is 0 Å². The van der Waals surface area contributed by atoms with Crippen LogP contribution in [0.5, 0.6) is 0 Å². The Kier molecular flexibility index (Phi) is 7.79. The molecule has 5 nitrogen and oxygen atoms in total. The minimum atomic E-state index is -0.311. The van der Waals surface area contributed by atoms with Crippen molar-refractivity contribution in [1.29, 1.82) is 0 Å². The first-order valence-corrected chi connectivity index (χ1v) is 7.44. The summed E-state index contributed by atoms with van der Waals surface area (Å²) in [6.07, 6.45) is 0.463. The van der Waals surface area contributed by atoms with Crippen LogP contribution in [-0.2, 0) is 16.1 Å². The molecule has 1 aliphatic heterocycles. The molecular formula is C16H26N2O3. The Bertz CT molecular complexity index is 411. The summed E-state index contributed by atoms with van der Waals surface area (Å²) in [5.41, 5.74) is 6.93. The molecule has 1 amide bonds. The van der Waals surface area contributed by atoms with Crippen molar-refractivity contribution >= 4 is 6.09 Å². The smallest absolute Gasteiger partial charge is 0.410 e. The first-order chi connectivity index (χ1) is 10.2. The lowest BCUT2D eigenvalue weighted by Crippen LogP contribution is -2.53. The van der Waals surface area contributed by atoms with E-state index in [2.05, 4.69) is 0 Å². The van der Waals surface area contributed by atoms with E-state index in [0.29, 0.717) is 19.7 Å². The summed E-state index contributed by atoms with van der Waals surface area (Å²) in [5.74, 6) is 0. The molecule has 0 saturated carbocycles. The predicted octanol–water partition coefficient (Wildman–Crippen LogP) is 2.40. The van der Waals surface area contributed by atoms with E-state index >= 15 is 0 Å². The molecule has 0 radical (unpaired) electrons. The molecule has 0 bridgehead atoms. The van der Waals surface area contributed by atoms with Gasteiger partial charge in [0.05, 0.1) is 6.10 Å². The molecule has 1 aliphatic rings. The number of carbonyl (C=O) groups is 1. The minimum absolute atomic E-state index is 0.0261. The van der Waals surface area contributed by atoms with E-state index in [1.165, 1.54) is 0 Å². The van der Waals surface area contributed by atoms with Crippen molar-refractivity contribution in [3.63, 3.8) is 0 Å². The van der Waals surface area contributed by atoms with Crippen molar-refractivity contribution in [2.45, 2.75) is 39.0 Å². The molecule has 0 spiro atoms. The Labute approximate surface area is 127 Å². The van der Waals surface area contributed by atoms with Crippen LogP contribution in [0.15, 0.2) is 30.3 Å². The molecule has 1 aromatic rings. The molecule has 21 heavy (non-hydrogen) atoms. The standard InChI is InChI=1S/C14H20N2O3.C2H6/c1-18-13-7-8-16(9-12(13)15)14(17)19-10-11-5-3-2-4-6-11;1-2/h2-6,12-13H,7-10,15H2,1H3;1-2H3. The van der Waals surface area contributed by atoms with E-state index < -0.39 is 0 Å². The Morgan fingerprint density at radius 1 is 1.33 bits per heavy atom. The fourth-order valence-corrected chi connectivity index (χ4v) is 2.23. The fraction of sp³-hybridized carbons (Fsp3) is 0.562. The van der Waals surface area contributed by atoms with Gasteiger partial charge in [0.2, 0.25) is 0 Å². The Morgan fingerprint density at radius 2 is 2.00 bits per heavy atom. The number of ether oxygens (including phenoxy) is 2. The SMILES string of the molecule is CC.COC1CCN(C(=O)OCc2ccccc2)CC1N. The summed E-state index contributed by atoms with van der Waals surface area (Å²) in [7, 11) is 1.65. The maximum Gasteiger partial charge on any atom is 0.410 e. The summed E-state index contributed by atoms with van der Waals surface area (Å²) >= 11 is 0. The second kappa shape index (κ2) is 9.37. The zero-order valence-corrected chi connectivity index (χ0v) is 13.1. The van der Waals surface area contributed by atoms with Gasteiger partial charge in [0.15, 0.2) is 0 Å². The molecule has 5 heteroatoms.